The lowest BCUT2D eigenvalue weighted by Crippen LogP contribution is -2.51. The Hall–Kier alpha value is -2.75. The summed E-state index contributed by atoms with van der Waals surface area (Å²) < 4.78 is 27.1. The minimum Gasteiger partial charge on any atom is -0.355 e. The Morgan fingerprint density at radius 2 is 1.77 bits per heavy atom. The van der Waals surface area contributed by atoms with E-state index in [2.05, 4.69) is 15.3 Å². The summed E-state index contributed by atoms with van der Waals surface area (Å²) >= 11 is 0. The van der Waals surface area contributed by atoms with Crippen molar-refractivity contribution >= 4 is 27.0 Å². The molecule has 1 aliphatic heterocycles. The molecule has 0 spiro atoms. The fourth-order valence-electron chi connectivity index (χ4n) is 3.69. The lowest BCUT2D eigenvalue weighted by Gasteiger charge is -2.33. The van der Waals surface area contributed by atoms with Gasteiger partial charge in [0.25, 0.3) is 0 Å². The molecule has 2 aromatic carbocycles. The minimum atomic E-state index is -3.49. The highest BCUT2D eigenvalue weighted by Crippen LogP contribution is 2.18. The van der Waals surface area contributed by atoms with E-state index in [-0.39, 0.29) is 12.5 Å². The molecule has 0 atom stereocenters. The van der Waals surface area contributed by atoms with E-state index in [1.54, 1.807) is 24.3 Å². The fraction of sp³-hybridized carbons (Fsp3) is 0.364. The molecule has 0 aliphatic carbocycles. The molecule has 4 rings (SSSR count). The van der Waals surface area contributed by atoms with Crippen molar-refractivity contribution in [3.05, 3.63) is 59.9 Å². The first kappa shape index (κ1) is 21.5. The molecule has 1 saturated heterocycles. The normalized spacial score (nSPS) is 15.9. The largest absolute Gasteiger partial charge is 0.355 e. The Labute approximate surface area is 182 Å². The molecule has 0 bridgehead atoms. The molecular weight excluding hydrogens is 414 g/mol. The molecule has 0 radical (unpaired) electrons. The van der Waals surface area contributed by atoms with Gasteiger partial charge in [0.2, 0.25) is 15.9 Å². The number of nitrogens with zero attached hydrogens (tertiary/aromatic N) is 3. The van der Waals surface area contributed by atoms with Gasteiger partial charge in [0.15, 0.2) is 0 Å². The average molecular weight is 442 g/mol. The van der Waals surface area contributed by atoms with Gasteiger partial charge in [-0.3, -0.25) is 9.69 Å². The standard InChI is InChI=1S/C22H27N5O3S/c1-17-6-8-18(9-7-17)31(29,30)27-14-12-26(13-15-27)16-22(28)23-11-10-21-24-19-4-2-3-5-20(19)25-21/h2-9H,10-16H2,1H3,(H,23,28)(H,24,25). The molecule has 1 fully saturated rings. The second kappa shape index (κ2) is 9.17. The van der Waals surface area contributed by atoms with Crippen molar-refractivity contribution in [2.24, 2.45) is 0 Å². The molecule has 164 valence electrons. The van der Waals surface area contributed by atoms with Crippen molar-refractivity contribution in [2.75, 3.05) is 39.3 Å². The van der Waals surface area contributed by atoms with Gasteiger partial charge in [-0.15, -0.1) is 0 Å². The van der Waals surface area contributed by atoms with E-state index in [0.29, 0.717) is 44.0 Å². The number of H-pyrrole nitrogens is 1. The Bertz CT molecular complexity index is 1120. The van der Waals surface area contributed by atoms with E-state index in [0.717, 1.165) is 22.4 Å². The number of para-hydroxylation sites is 2. The average Bonchev–Trinajstić information content (AvgIpc) is 3.17. The summed E-state index contributed by atoms with van der Waals surface area (Å²) in [6.07, 6.45) is 0.628. The van der Waals surface area contributed by atoms with E-state index in [4.69, 9.17) is 0 Å². The Morgan fingerprint density at radius 3 is 2.48 bits per heavy atom. The number of rotatable bonds is 7. The molecular formula is C22H27N5O3S. The van der Waals surface area contributed by atoms with E-state index in [1.807, 2.05) is 36.1 Å². The summed E-state index contributed by atoms with van der Waals surface area (Å²) in [5, 5.41) is 2.92. The molecule has 0 unspecified atom stereocenters. The summed E-state index contributed by atoms with van der Waals surface area (Å²) in [6.45, 7) is 4.50. The number of fused-ring (bicyclic) bond motifs is 1. The highest BCUT2D eigenvalue weighted by Gasteiger charge is 2.28. The van der Waals surface area contributed by atoms with Crippen LogP contribution in [0.25, 0.3) is 11.0 Å². The van der Waals surface area contributed by atoms with Crippen LogP contribution < -0.4 is 5.32 Å². The van der Waals surface area contributed by atoms with Gasteiger partial charge >= 0.3 is 0 Å². The van der Waals surface area contributed by atoms with E-state index in [9.17, 15) is 13.2 Å². The van der Waals surface area contributed by atoms with Crippen LogP contribution in [0.15, 0.2) is 53.4 Å². The number of nitrogens with one attached hydrogen (secondary N) is 2. The first-order valence-corrected chi connectivity index (χ1v) is 11.9. The maximum Gasteiger partial charge on any atom is 0.243 e. The Morgan fingerprint density at radius 1 is 1.06 bits per heavy atom. The number of hydrogen-bond acceptors (Lipinski definition) is 5. The SMILES string of the molecule is Cc1ccc(S(=O)(=O)N2CCN(CC(=O)NCCc3nc4ccccc4[nH]3)CC2)cc1. The summed E-state index contributed by atoms with van der Waals surface area (Å²) in [4.78, 5) is 22.3. The van der Waals surface area contributed by atoms with Gasteiger partial charge in [0.05, 0.1) is 22.5 Å². The zero-order chi connectivity index (χ0) is 21.8. The monoisotopic (exact) mass is 441 g/mol. The third-order valence-electron chi connectivity index (χ3n) is 5.48. The lowest BCUT2D eigenvalue weighted by atomic mass is 10.2. The third-order valence-corrected chi connectivity index (χ3v) is 7.39. The molecule has 2 heterocycles. The molecule has 3 aromatic rings. The quantitative estimate of drug-likeness (QED) is 0.580. The number of aromatic nitrogens is 2. The van der Waals surface area contributed by atoms with Crippen molar-refractivity contribution in [2.45, 2.75) is 18.2 Å². The van der Waals surface area contributed by atoms with Crippen LogP contribution in [0.5, 0.6) is 0 Å². The number of hydrogen-bond donors (Lipinski definition) is 2. The number of amides is 1. The third kappa shape index (κ3) is 5.12. The molecule has 31 heavy (non-hydrogen) atoms. The van der Waals surface area contributed by atoms with E-state index < -0.39 is 10.0 Å². The van der Waals surface area contributed by atoms with Crippen LogP contribution in [0.1, 0.15) is 11.4 Å². The predicted octanol–water partition coefficient (Wildman–Crippen LogP) is 1.54. The fourth-order valence-corrected chi connectivity index (χ4v) is 5.11. The highest BCUT2D eigenvalue weighted by atomic mass is 32.2. The first-order chi connectivity index (χ1) is 14.9. The van der Waals surface area contributed by atoms with Gasteiger partial charge in [-0.05, 0) is 31.2 Å². The van der Waals surface area contributed by atoms with Gasteiger partial charge in [0.1, 0.15) is 5.82 Å². The zero-order valence-corrected chi connectivity index (χ0v) is 18.4. The molecule has 1 aromatic heterocycles. The molecule has 1 amide bonds. The maximum absolute atomic E-state index is 12.8. The smallest absolute Gasteiger partial charge is 0.243 e. The molecule has 1 aliphatic rings. The number of benzene rings is 2. The van der Waals surface area contributed by atoms with Gasteiger partial charge in [0, 0.05) is 39.1 Å². The number of imidazole rings is 1. The highest BCUT2D eigenvalue weighted by molar-refractivity contribution is 7.89. The van der Waals surface area contributed by atoms with Gasteiger partial charge in [-0.25, -0.2) is 13.4 Å². The number of piperazine rings is 1. The number of carbonyl (C=O) groups excluding carboxylic acids is 1. The summed E-state index contributed by atoms with van der Waals surface area (Å²) in [5.41, 5.74) is 2.93. The topological polar surface area (TPSA) is 98.4 Å². The number of aromatic amines is 1. The van der Waals surface area contributed by atoms with Crippen molar-refractivity contribution in [1.29, 1.82) is 0 Å². The van der Waals surface area contributed by atoms with Crippen molar-refractivity contribution < 1.29 is 13.2 Å². The van der Waals surface area contributed by atoms with Crippen LogP contribution >= 0.6 is 0 Å². The predicted molar refractivity (Wildman–Crippen MR) is 119 cm³/mol. The van der Waals surface area contributed by atoms with Crippen molar-refractivity contribution in [3.63, 3.8) is 0 Å². The van der Waals surface area contributed by atoms with Gasteiger partial charge in [-0.1, -0.05) is 29.8 Å². The molecule has 8 nitrogen and oxygen atoms in total. The van der Waals surface area contributed by atoms with Gasteiger partial charge in [-0.2, -0.15) is 4.31 Å². The summed E-state index contributed by atoms with van der Waals surface area (Å²) in [7, 11) is -3.49. The van der Waals surface area contributed by atoms with E-state index >= 15 is 0 Å². The summed E-state index contributed by atoms with van der Waals surface area (Å²) in [5.74, 6) is 0.780. The van der Waals surface area contributed by atoms with Gasteiger partial charge < -0.3 is 10.3 Å². The number of aryl methyl sites for hydroxylation is 1. The molecule has 9 heteroatoms. The number of carbonyl (C=O) groups is 1. The lowest BCUT2D eigenvalue weighted by molar-refractivity contribution is -0.122. The minimum absolute atomic E-state index is 0.0639. The van der Waals surface area contributed by atoms with Crippen LogP contribution in [0, 0.1) is 6.92 Å². The van der Waals surface area contributed by atoms with Crippen LogP contribution in [0.4, 0.5) is 0 Å². The first-order valence-electron chi connectivity index (χ1n) is 10.4. The van der Waals surface area contributed by atoms with Crippen LogP contribution in [-0.4, -0.2) is 72.8 Å². The van der Waals surface area contributed by atoms with Crippen LogP contribution in [0.3, 0.4) is 0 Å². The van der Waals surface area contributed by atoms with Crippen LogP contribution in [0.2, 0.25) is 0 Å². The number of sulfonamides is 1. The second-order valence-corrected chi connectivity index (χ2v) is 9.73. The molecule has 0 saturated carbocycles. The summed E-state index contributed by atoms with van der Waals surface area (Å²) in [6, 6.07) is 14.7. The molecule has 2 N–H and O–H groups in total. The Kier molecular flexibility index (Phi) is 6.35. The van der Waals surface area contributed by atoms with Crippen LogP contribution in [-0.2, 0) is 21.2 Å². The van der Waals surface area contributed by atoms with Crippen molar-refractivity contribution in [1.82, 2.24) is 24.5 Å². The van der Waals surface area contributed by atoms with E-state index in [1.165, 1.54) is 4.31 Å². The van der Waals surface area contributed by atoms with Crippen molar-refractivity contribution in [3.8, 4) is 0 Å². The Balaban J connectivity index is 1.22. The maximum atomic E-state index is 12.8. The zero-order valence-electron chi connectivity index (χ0n) is 17.5. The second-order valence-electron chi connectivity index (χ2n) is 7.79.